The molecule has 28 heavy (non-hydrogen) atoms. The lowest BCUT2D eigenvalue weighted by molar-refractivity contribution is -0.123. The summed E-state index contributed by atoms with van der Waals surface area (Å²) in [4.78, 5) is 39.0. The number of hydrogen-bond donors (Lipinski definition) is 4. The molecule has 0 bridgehead atoms. The number of aromatic nitrogens is 1. The maximum atomic E-state index is 14.0. The van der Waals surface area contributed by atoms with Crippen LogP contribution in [0.3, 0.4) is 0 Å². The summed E-state index contributed by atoms with van der Waals surface area (Å²) in [5, 5.41) is 8.14. The molecule has 2 aromatic carbocycles. The molecule has 0 saturated carbocycles. The first-order valence-corrected chi connectivity index (χ1v) is 8.61. The number of nitrogens with one attached hydrogen (secondary N) is 4. The molecule has 0 aliphatic carbocycles. The number of amides is 4. The molecule has 4 amide bonds. The quantitative estimate of drug-likeness (QED) is 0.525. The molecule has 4 rings (SSSR count). The van der Waals surface area contributed by atoms with Crippen molar-refractivity contribution >= 4 is 34.4 Å². The minimum atomic E-state index is -1.22. The Balaban J connectivity index is 1.63. The van der Waals surface area contributed by atoms with Crippen molar-refractivity contribution in [3.63, 3.8) is 0 Å². The van der Waals surface area contributed by atoms with E-state index >= 15 is 0 Å². The predicted molar refractivity (Wildman–Crippen MR) is 101 cm³/mol. The second kappa shape index (κ2) is 6.19. The number of aromatic amines is 1. The van der Waals surface area contributed by atoms with Gasteiger partial charge in [-0.3, -0.25) is 14.9 Å². The summed E-state index contributed by atoms with van der Waals surface area (Å²) in [7, 11) is 0. The minimum Gasteiger partial charge on any atom is -0.348 e. The fraction of sp³-hybridized carbons (Fsp3) is 0.150. The molecule has 1 atom stereocenters. The Bertz CT molecular complexity index is 1110. The van der Waals surface area contributed by atoms with Gasteiger partial charge in [0.05, 0.1) is 5.52 Å². The number of rotatable bonds is 3. The minimum absolute atomic E-state index is 0.215. The first kappa shape index (κ1) is 17.7. The van der Waals surface area contributed by atoms with Gasteiger partial charge in [-0.05, 0) is 49.2 Å². The van der Waals surface area contributed by atoms with E-state index in [1.807, 2.05) is 6.92 Å². The summed E-state index contributed by atoms with van der Waals surface area (Å²) in [6.45, 7) is 3.42. The van der Waals surface area contributed by atoms with Gasteiger partial charge in [0.2, 0.25) is 0 Å². The summed E-state index contributed by atoms with van der Waals surface area (Å²) in [5.41, 5.74) is 1.08. The normalized spacial score (nSPS) is 18.8. The Morgan fingerprint density at radius 2 is 1.93 bits per heavy atom. The highest BCUT2D eigenvalue weighted by Gasteiger charge is 2.43. The van der Waals surface area contributed by atoms with Gasteiger partial charge in [-0.15, -0.1) is 0 Å². The number of carbonyl (C=O) groups is 3. The molecule has 142 valence electrons. The second-order valence-electron chi connectivity index (χ2n) is 6.90. The first-order chi connectivity index (χ1) is 13.3. The van der Waals surface area contributed by atoms with E-state index in [9.17, 15) is 18.8 Å². The number of halogens is 1. The van der Waals surface area contributed by atoms with Gasteiger partial charge in [-0.25, -0.2) is 9.18 Å². The topological polar surface area (TPSA) is 103 Å². The van der Waals surface area contributed by atoms with Crippen LogP contribution in [0, 0.1) is 12.7 Å². The lowest BCUT2D eigenvalue weighted by Gasteiger charge is -2.21. The van der Waals surface area contributed by atoms with Gasteiger partial charge in [-0.1, -0.05) is 18.2 Å². The lowest BCUT2D eigenvalue weighted by Crippen LogP contribution is -2.40. The average molecular weight is 380 g/mol. The number of urea groups is 1. The van der Waals surface area contributed by atoms with Crippen LogP contribution in [0.4, 0.5) is 14.9 Å². The van der Waals surface area contributed by atoms with Crippen molar-refractivity contribution in [3.05, 3.63) is 65.1 Å². The molecule has 1 aliphatic heterocycles. The molecular formula is C20H17FN4O3. The molecule has 7 nitrogen and oxygen atoms in total. The highest BCUT2D eigenvalue weighted by atomic mass is 19.1. The smallest absolute Gasteiger partial charge is 0.322 e. The van der Waals surface area contributed by atoms with Gasteiger partial charge in [-0.2, -0.15) is 0 Å². The maximum absolute atomic E-state index is 14.0. The van der Waals surface area contributed by atoms with Gasteiger partial charge in [0.25, 0.3) is 11.8 Å². The number of fused-ring (bicyclic) bond motifs is 1. The number of imide groups is 1. The third-order valence-electron chi connectivity index (χ3n) is 4.95. The highest BCUT2D eigenvalue weighted by molar-refractivity contribution is 6.08. The van der Waals surface area contributed by atoms with Crippen molar-refractivity contribution in [2.45, 2.75) is 19.4 Å². The number of aryl methyl sites for hydroxylation is 1. The van der Waals surface area contributed by atoms with Crippen LogP contribution in [0.25, 0.3) is 10.9 Å². The van der Waals surface area contributed by atoms with E-state index < -0.39 is 29.2 Å². The van der Waals surface area contributed by atoms with Crippen LogP contribution < -0.4 is 16.0 Å². The number of carbonyl (C=O) groups excluding carboxylic acids is 3. The summed E-state index contributed by atoms with van der Waals surface area (Å²) in [6.07, 6.45) is 0. The molecule has 0 radical (unpaired) electrons. The average Bonchev–Trinajstić information content (AvgIpc) is 3.21. The second-order valence-corrected chi connectivity index (χ2v) is 6.90. The van der Waals surface area contributed by atoms with E-state index in [2.05, 4.69) is 20.9 Å². The third-order valence-corrected chi connectivity index (χ3v) is 4.95. The number of benzene rings is 2. The van der Waals surface area contributed by atoms with Gasteiger partial charge in [0.1, 0.15) is 17.1 Å². The Morgan fingerprint density at radius 3 is 2.61 bits per heavy atom. The Kier molecular flexibility index (Phi) is 3.92. The van der Waals surface area contributed by atoms with E-state index in [4.69, 9.17) is 0 Å². The third kappa shape index (κ3) is 2.79. The lowest BCUT2D eigenvalue weighted by atomic mass is 9.92. The van der Waals surface area contributed by atoms with E-state index in [0.29, 0.717) is 16.6 Å². The van der Waals surface area contributed by atoms with E-state index in [1.165, 1.54) is 6.07 Å². The molecular weight excluding hydrogens is 363 g/mol. The van der Waals surface area contributed by atoms with E-state index in [0.717, 1.165) is 5.56 Å². The monoisotopic (exact) mass is 380 g/mol. The zero-order chi connectivity index (χ0) is 20.1. The van der Waals surface area contributed by atoms with Crippen LogP contribution in [-0.2, 0) is 10.3 Å². The molecule has 2 heterocycles. The summed E-state index contributed by atoms with van der Waals surface area (Å²) < 4.78 is 14.0. The zero-order valence-electron chi connectivity index (χ0n) is 15.1. The van der Waals surface area contributed by atoms with Crippen LogP contribution >= 0.6 is 0 Å². The largest absolute Gasteiger partial charge is 0.348 e. The van der Waals surface area contributed by atoms with Crippen molar-refractivity contribution < 1.29 is 18.8 Å². The van der Waals surface area contributed by atoms with Crippen LogP contribution in [-0.4, -0.2) is 22.8 Å². The number of anilines is 1. The van der Waals surface area contributed by atoms with Gasteiger partial charge < -0.3 is 15.6 Å². The summed E-state index contributed by atoms with van der Waals surface area (Å²) in [5.74, 6) is -1.35. The van der Waals surface area contributed by atoms with Crippen molar-refractivity contribution in [1.29, 1.82) is 0 Å². The Morgan fingerprint density at radius 1 is 1.14 bits per heavy atom. The van der Waals surface area contributed by atoms with Crippen LogP contribution in [0.1, 0.15) is 28.5 Å². The molecule has 1 saturated heterocycles. The number of hydrogen-bond acceptors (Lipinski definition) is 3. The van der Waals surface area contributed by atoms with Crippen LogP contribution in [0.15, 0.2) is 42.5 Å². The molecule has 3 aromatic rings. The standard InChI is InChI=1S/C20H17FN4O3/c1-10-6-7-14(21)16-13(10)9-15(23-16)17(26)22-12-5-3-4-11(8-12)20(2)18(27)24-19(28)25-20/h3-9,23H,1-2H3,(H,22,26)(H2,24,25,27,28). The maximum Gasteiger partial charge on any atom is 0.322 e. The molecule has 4 N–H and O–H groups in total. The van der Waals surface area contributed by atoms with Crippen molar-refractivity contribution in [2.24, 2.45) is 0 Å². The van der Waals surface area contributed by atoms with Gasteiger partial charge >= 0.3 is 6.03 Å². The molecule has 8 heteroatoms. The SMILES string of the molecule is Cc1ccc(F)c2[nH]c(C(=O)Nc3cccc(C4(C)NC(=O)NC4=O)c3)cc12. The Hall–Kier alpha value is -3.68. The van der Waals surface area contributed by atoms with Crippen LogP contribution in [0.5, 0.6) is 0 Å². The first-order valence-electron chi connectivity index (χ1n) is 8.61. The molecule has 1 aliphatic rings. The van der Waals surface area contributed by atoms with E-state index in [1.54, 1.807) is 43.3 Å². The summed E-state index contributed by atoms with van der Waals surface area (Å²) in [6, 6.07) is 10.6. The Labute approximate surface area is 159 Å². The predicted octanol–water partition coefficient (Wildman–Crippen LogP) is 2.92. The van der Waals surface area contributed by atoms with Crippen molar-refractivity contribution in [3.8, 4) is 0 Å². The van der Waals surface area contributed by atoms with Crippen molar-refractivity contribution in [1.82, 2.24) is 15.6 Å². The van der Waals surface area contributed by atoms with E-state index in [-0.39, 0.29) is 11.2 Å². The fourth-order valence-electron chi connectivity index (χ4n) is 3.30. The van der Waals surface area contributed by atoms with Gasteiger partial charge in [0.15, 0.2) is 0 Å². The number of H-pyrrole nitrogens is 1. The highest BCUT2D eigenvalue weighted by Crippen LogP contribution is 2.27. The molecule has 1 fully saturated rings. The molecule has 0 spiro atoms. The van der Waals surface area contributed by atoms with Crippen LogP contribution in [0.2, 0.25) is 0 Å². The zero-order valence-corrected chi connectivity index (χ0v) is 15.1. The molecule has 1 aromatic heterocycles. The summed E-state index contributed by atoms with van der Waals surface area (Å²) >= 11 is 0. The van der Waals surface area contributed by atoms with Crippen molar-refractivity contribution in [2.75, 3.05) is 5.32 Å². The molecule has 1 unspecified atom stereocenters. The fourth-order valence-corrected chi connectivity index (χ4v) is 3.30. The van der Waals surface area contributed by atoms with Gasteiger partial charge in [0, 0.05) is 11.1 Å².